The van der Waals surface area contributed by atoms with Crippen molar-refractivity contribution < 1.29 is 27.8 Å². The van der Waals surface area contributed by atoms with Gasteiger partial charge in [0.15, 0.2) is 0 Å². The number of aromatic nitrogens is 2. The van der Waals surface area contributed by atoms with Gasteiger partial charge in [-0.2, -0.15) is 13.2 Å². The summed E-state index contributed by atoms with van der Waals surface area (Å²) in [5, 5.41) is 17.0. The number of rotatable bonds is 12. The molecule has 0 bridgehead atoms. The molecule has 30 heavy (non-hydrogen) atoms. The molecular weight excluding hydrogens is 419 g/mol. The number of nitrogens with zero attached hydrogens (tertiary/aromatic N) is 2. The van der Waals surface area contributed by atoms with Gasteiger partial charge in [-0.15, -0.1) is 10.2 Å². The second-order valence-corrected chi connectivity index (χ2v) is 7.98. The maximum atomic E-state index is 13.5. The fraction of sp³-hybridized carbons (Fsp3) is 0.550. The third-order valence-corrected chi connectivity index (χ3v) is 5.54. The highest BCUT2D eigenvalue weighted by Gasteiger charge is 2.35. The van der Waals surface area contributed by atoms with Crippen molar-refractivity contribution in [1.29, 1.82) is 0 Å². The summed E-state index contributed by atoms with van der Waals surface area (Å²) in [6.45, 7) is 2.35. The van der Waals surface area contributed by atoms with Crippen molar-refractivity contribution in [3.05, 3.63) is 28.8 Å². The molecule has 3 N–H and O–H groups in total. The minimum absolute atomic E-state index is 0.216. The Morgan fingerprint density at radius 3 is 2.57 bits per heavy atom. The highest BCUT2D eigenvalue weighted by Crippen LogP contribution is 2.39. The first-order chi connectivity index (χ1) is 14.2. The van der Waals surface area contributed by atoms with Gasteiger partial charge in [0.25, 0.3) is 0 Å². The summed E-state index contributed by atoms with van der Waals surface area (Å²) in [6.07, 6.45) is 1.17. The van der Waals surface area contributed by atoms with E-state index in [-0.39, 0.29) is 34.4 Å². The lowest BCUT2D eigenvalue weighted by Gasteiger charge is -2.15. The van der Waals surface area contributed by atoms with Gasteiger partial charge in [-0.3, -0.25) is 4.79 Å². The predicted octanol–water partition coefficient (Wildman–Crippen LogP) is 5.44. The van der Waals surface area contributed by atoms with Crippen LogP contribution in [0.2, 0.25) is 0 Å². The van der Waals surface area contributed by atoms with E-state index in [0.717, 1.165) is 49.5 Å². The SMILES string of the molecule is CCCCCCCCOc1ccc(-c2nnc([C@@H](N)CC(=O)O)s2)cc1C(F)(F)F. The van der Waals surface area contributed by atoms with Crippen molar-refractivity contribution >= 4 is 17.3 Å². The summed E-state index contributed by atoms with van der Waals surface area (Å²) in [6, 6.07) is 2.88. The van der Waals surface area contributed by atoms with Crippen LogP contribution in [0.1, 0.15) is 68.5 Å². The van der Waals surface area contributed by atoms with E-state index < -0.39 is 23.8 Å². The van der Waals surface area contributed by atoms with Crippen LogP contribution in [0, 0.1) is 0 Å². The average molecular weight is 446 g/mol. The zero-order chi connectivity index (χ0) is 22.1. The van der Waals surface area contributed by atoms with Crippen molar-refractivity contribution in [2.45, 2.75) is 64.1 Å². The lowest BCUT2D eigenvalue weighted by atomic mass is 10.1. The van der Waals surface area contributed by atoms with E-state index in [0.29, 0.717) is 6.42 Å². The molecule has 0 saturated carbocycles. The van der Waals surface area contributed by atoms with E-state index in [4.69, 9.17) is 15.6 Å². The first-order valence-corrected chi connectivity index (χ1v) is 10.7. The molecule has 166 valence electrons. The Balaban J connectivity index is 2.09. The fourth-order valence-electron chi connectivity index (χ4n) is 2.85. The van der Waals surface area contributed by atoms with Crippen LogP contribution in [0.3, 0.4) is 0 Å². The second kappa shape index (κ2) is 11.3. The molecule has 0 aliphatic heterocycles. The minimum atomic E-state index is -4.58. The van der Waals surface area contributed by atoms with Crippen LogP contribution in [-0.4, -0.2) is 27.9 Å². The molecule has 0 spiro atoms. The molecule has 0 unspecified atom stereocenters. The van der Waals surface area contributed by atoms with Gasteiger partial charge >= 0.3 is 12.1 Å². The summed E-state index contributed by atoms with van der Waals surface area (Å²) in [5.41, 5.74) is 5.09. The number of carbonyl (C=O) groups is 1. The number of carboxylic acids is 1. The molecule has 1 heterocycles. The molecule has 0 saturated heterocycles. The number of carboxylic acid groups (broad SMARTS) is 1. The summed E-state index contributed by atoms with van der Waals surface area (Å²) >= 11 is 0.973. The quantitative estimate of drug-likeness (QED) is 0.422. The fourth-order valence-corrected chi connectivity index (χ4v) is 3.69. The molecule has 2 rings (SSSR count). The van der Waals surface area contributed by atoms with E-state index in [2.05, 4.69) is 17.1 Å². The minimum Gasteiger partial charge on any atom is -0.493 e. The van der Waals surface area contributed by atoms with Crippen LogP contribution < -0.4 is 10.5 Å². The van der Waals surface area contributed by atoms with Gasteiger partial charge in [0.05, 0.1) is 24.6 Å². The molecule has 0 amide bonds. The van der Waals surface area contributed by atoms with Gasteiger partial charge in [-0.25, -0.2) is 0 Å². The average Bonchev–Trinajstić information content (AvgIpc) is 3.16. The number of nitrogens with two attached hydrogens (primary N) is 1. The summed E-state index contributed by atoms with van der Waals surface area (Å²) in [5.74, 6) is -1.31. The zero-order valence-electron chi connectivity index (χ0n) is 16.7. The third-order valence-electron chi connectivity index (χ3n) is 4.44. The highest BCUT2D eigenvalue weighted by atomic mass is 32.1. The predicted molar refractivity (Wildman–Crippen MR) is 108 cm³/mol. The number of ether oxygens (including phenoxy) is 1. The molecule has 0 aliphatic rings. The van der Waals surface area contributed by atoms with Crippen molar-refractivity contribution in [2.24, 2.45) is 5.73 Å². The number of benzene rings is 1. The van der Waals surface area contributed by atoms with Crippen LogP contribution in [0.4, 0.5) is 13.2 Å². The number of unbranched alkanes of at least 4 members (excludes halogenated alkanes) is 5. The standard InChI is InChI=1S/C20H26F3N3O3S/c1-2-3-4-5-6-7-10-29-16-9-8-13(11-14(16)20(21,22)23)18-25-26-19(30-18)15(24)12-17(27)28/h8-9,11,15H,2-7,10,12,24H2,1H3,(H,27,28)/t15-/m0/s1. The number of halogens is 3. The molecule has 0 radical (unpaired) electrons. The first kappa shape index (κ1) is 24.1. The van der Waals surface area contributed by atoms with Crippen LogP contribution in [0.25, 0.3) is 10.6 Å². The molecule has 6 nitrogen and oxygen atoms in total. The van der Waals surface area contributed by atoms with Gasteiger partial charge in [-0.1, -0.05) is 50.4 Å². The zero-order valence-corrected chi connectivity index (χ0v) is 17.6. The molecule has 10 heteroatoms. The Morgan fingerprint density at radius 2 is 1.90 bits per heavy atom. The third kappa shape index (κ3) is 7.24. The maximum Gasteiger partial charge on any atom is 0.419 e. The van der Waals surface area contributed by atoms with Crippen LogP contribution >= 0.6 is 11.3 Å². The van der Waals surface area contributed by atoms with Crippen LogP contribution in [-0.2, 0) is 11.0 Å². The van der Waals surface area contributed by atoms with Crippen LogP contribution in [0.5, 0.6) is 5.75 Å². The summed E-state index contributed by atoms with van der Waals surface area (Å²) in [4.78, 5) is 10.8. The van der Waals surface area contributed by atoms with Crippen LogP contribution in [0.15, 0.2) is 18.2 Å². The summed E-state index contributed by atoms with van der Waals surface area (Å²) < 4.78 is 46.0. The first-order valence-electron chi connectivity index (χ1n) is 9.87. The topological polar surface area (TPSA) is 98.3 Å². The lowest BCUT2D eigenvalue weighted by Crippen LogP contribution is -2.14. The molecule has 1 aromatic carbocycles. The van der Waals surface area contributed by atoms with E-state index >= 15 is 0 Å². The van der Waals surface area contributed by atoms with E-state index in [1.54, 1.807) is 0 Å². The Kier molecular flexibility index (Phi) is 9.04. The number of alkyl halides is 3. The molecule has 1 aromatic heterocycles. The highest BCUT2D eigenvalue weighted by molar-refractivity contribution is 7.14. The Hall–Kier alpha value is -2.20. The van der Waals surface area contributed by atoms with E-state index in [1.807, 2.05) is 0 Å². The number of hydrogen-bond acceptors (Lipinski definition) is 6. The van der Waals surface area contributed by atoms with Crippen molar-refractivity contribution in [2.75, 3.05) is 6.61 Å². The molecular formula is C20H26F3N3O3S. The van der Waals surface area contributed by atoms with Gasteiger partial charge in [-0.05, 0) is 24.6 Å². The van der Waals surface area contributed by atoms with Crippen molar-refractivity contribution in [1.82, 2.24) is 10.2 Å². The molecule has 0 aliphatic carbocycles. The van der Waals surface area contributed by atoms with E-state index in [9.17, 15) is 18.0 Å². The molecule has 1 atom stereocenters. The second-order valence-electron chi connectivity index (χ2n) is 6.97. The van der Waals surface area contributed by atoms with Crippen molar-refractivity contribution in [3.63, 3.8) is 0 Å². The van der Waals surface area contributed by atoms with Gasteiger partial charge in [0.1, 0.15) is 15.8 Å². The largest absolute Gasteiger partial charge is 0.493 e. The maximum absolute atomic E-state index is 13.5. The normalized spacial score (nSPS) is 12.7. The van der Waals surface area contributed by atoms with Gasteiger partial charge in [0, 0.05) is 5.56 Å². The Labute approximate surface area is 177 Å². The number of aliphatic carboxylic acids is 1. The van der Waals surface area contributed by atoms with Crippen molar-refractivity contribution in [3.8, 4) is 16.3 Å². The summed E-state index contributed by atoms with van der Waals surface area (Å²) in [7, 11) is 0. The number of hydrogen-bond donors (Lipinski definition) is 2. The monoisotopic (exact) mass is 445 g/mol. The Bertz CT molecular complexity index is 827. The lowest BCUT2D eigenvalue weighted by molar-refractivity contribution is -0.139. The molecule has 0 fully saturated rings. The van der Waals surface area contributed by atoms with E-state index in [1.165, 1.54) is 12.1 Å². The van der Waals surface area contributed by atoms with Gasteiger partial charge in [0.2, 0.25) is 0 Å². The van der Waals surface area contributed by atoms with Gasteiger partial charge < -0.3 is 15.6 Å². The molecule has 2 aromatic rings. The smallest absolute Gasteiger partial charge is 0.419 e. The Morgan fingerprint density at radius 1 is 1.20 bits per heavy atom.